The van der Waals surface area contributed by atoms with Gasteiger partial charge in [-0.05, 0) is 18.4 Å². The first-order valence-corrected chi connectivity index (χ1v) is 7.57. The molecule has 0 aromatic heterocycles. The Bertz CT molecular complexity index is 416. The maximum atomic E-state index is 10.1. The van der Waals surface area contributed by atoms with Crippen LogP contribution in [0.2, 0.25) is 0 Å². The van der Waals surface area contributed by atoms with Crippen LogP contribution in [0.1, 0.15) is 18.4 Å². The Hall–Kier alpha value is -0.940. The van der Waals surface area contributed by atoms with Crippen LogP contribution < -0.4 is 5.32 Å². The molecule has 1 aliphatic carbocycles. The monoisotopic (exact) mass is 276 g/mol. The smallest absolute Gasteiger partial charge is 0.0800 e. The van der Waals surface area contributed by atoms with E-state index in [9.17, 15) is 5.11 Å². The zero-order valence-corrected chi connectivity index (χ0v) is 11.9. The highest BCUT2D eigenvalue weighted by molar-refractivity contribution is 5.26. The van der Waals surface area contributed by atoms with E-state index in [4.69, 9.17) is 4.74 Å². The van der Waals surface area contributed by atoms with Gasteiger partial charge in [-0.15, -0.1) is 0 Å². The maximum Gasteiger partial charge on any atom is 0.0800 e. The molecule has 2 fully saturated rings. The van der Waals surface area contributed by atoms with Crippen molar-refractivity contribution < 1.29 is 9.84 Å². The van der Waals surface area contributed by atoms with Crippen molar-refractivity contribution in [3.8, 4) is 0 Å². The second-order valence-corrected chi connectivity index (χ2v) is 5.91. The molecule has 1 heterocycles. The second kappa shape index (κ2) is 6.22. The Morgan fingerprint density at radius 3 is 2.50 bits per heavy atom. The van der Waals surface area contributed by atoms with E-state index in [1.807, 2.05) is 18.2 Å². The lowest BCUT2D eigenvalue weighted by Crippen LogP contribution is -2.56. The van der Waals surface area contributed by atoms with Crippen molar-refractivity contribution in [2.75, 3.05) is 39.5 Å². The Labute approximate surface area is 120 Å². The van der Waals surface area contributed by atoms with E-state index >= 15 is 0 Å². The molecule has 1 saturated heterocycles. The SMILES string of the molecule is OCC(CN1CCOCC1)(NC1CC1)c1ccccc1. The standard InChI is InChI=1S/C16H24N2O2/c19-13-16(17-15-6-7-15,14-4-2-1-3-5-14)12-18-8-10-20-11-9-18/h1-5,15,17,19H,6-13H2. The van der Waals surface area contributed by atoms with Crippen molar-refractivity contribution in [3.05, 3.63) is 35.9 Å². The van der Waals surface area contributed by atoms with Crippen LogP contribution in [0.25, 0.3) is 0 Å². The van der Waals surface area contributed by atoms with Crippen LogP contribution in [-0.4, -0.2) is 55.5 Å². The van der Waals surface area contributed by atoms with E-state index in [0.717, 1.165) is 32.8 Å². The molecule has 0 amide bonds. The van der Waals surface area contributed by atoms with Crippen molar-refractivity contribution in [1.29, 1.82) is 0 Å². The van der Waals surface area contributed by atoms with Crippen molar-refractivity contribution in [2.45, 2.75) is 24.4 Å². The molecule has 3 rings (SSSR count). The number of aliphatic hydroxyl groups is 1. The average Bonchev–Trinajstić information content (AvgIpc) is 3.32. The molecule has 0 spiro atoms. The van der Waals surface area contributed by atoms with Gasteiger partial charge in [0, 0.05) is 25.7 Å². The summed E-state index contributed by atoms with van der Waals surface area (Å²) in [4.78, 5) is 2.39. The average molecular weight is 276 g/mol. The number of hydrogen-bond acceptors (Lipinski definition) is 4. The highest BCUT2D eigenvalue weighted by Gasteiger charge is 2.38. The Balaban J connectivity index is 1.80. The van der Waals surface area contributed by atoms with Crippen LogP contribution in [0.3, 0.4) is 0 Å². The highest BCUT2D eigenvalue weighted by Crippen LogP contribution is 2.29. The number of rotatable bonds is 6. The van der Waals surface area contributed by atoms with Crippen LogP contribution in [0.4, 0.5) is 0 Å². The van der Waals surface area contributed by atoms with Crippen LogP contribution in [0.5, 0.6) is 0 Å². The molecule has 1 aromatic rings. The quantitative estimate of drug-likeness (QED) is 0.812. The molecule has 0 bridgehead atoms. The maximum absolute atomic E-state index is 10.1. The fraction of sp³-hybridized carbons (Fsp3) is 0.625. The zero-order chi connectivity index (χ0) is 13.8. The molecule has 1 atom stereocenters. The molecule has 20 heavy (non-hydrogen) atoms. The molecule has 1 unspecified atom stereocenters. The highest BCUT2D eigenvalue weighted by atomic mass is 16.5. The van der Waals surface area contributed by atoms with Gasteiger partial charge in [0.15, 0.2) is 0 Å². The third-order valence-electron chi connectivity index (χ3n) is 4.25. The van der Waals surface area contributed by atoms with Gasteiger partial charge in [0.2, 0.25) is 0 Å². The van der Waals surface area contributed by atoms with Gasteiger partial charge in [-0.25, -0.2) is 0 Å². The largest absolute Gasteiger partial charge is 0.394 e. The van der Waals surface area contributed by atoms with Gasteiger partial charge in [-0.2, -0.15) is 0 Å². The molecule has 2 N–H and O–H groups in total. The number of morpholine rings is 1. The first kappa shape index (κ1) is 14.0. The summed E-state index contributed by atoms with van der Waals surface area (Å²) in [5.41, 5.74) is 0.834. The first-order valence-electron chi connectivity index (χ1n) is 7.57. The van der Waals surface area contributed by atoms with Crippen LogP contribution in [-0.2, 0) is 10.3 Å². The second-order valence-electron chi connectivity index (χ2n) is 5.91. The van der Waals surface area contributed by atoms with E-state index in [-0.39, 0.29) is 12.1 Å². The molecule has 1 aliphatic heterocycles. The number of benzene rings is 1. The van der Waals surface area contributed by atoms with Crippen molar-refractivity contribution in [2.24, 2.45) is 0 Å². The van der Waals surface area contributed by atoms with Gasteiger partial charge in [0.25, 0.3) is 0 Å². The first-order chi connectivity index (χ1) is 9.82. The fourth-order valence-corrected chi connectivity index (χ4v) is 2.92. The van der Waals surface area contributed by atoms with Gasteiger partial charge in [-0.1, -0.05) is 30.3 Å². The summed E-state index contributed by atoms with van der Waals surface area (Å²) in [6.07, 6.45) is 2.44. The molecule has 4 heteroatoms. The molecule has 0 radical (unpaired) electrons. The number of hydrogen-bond donors (Lipinski definition) is 2. The van der Waals surface area contributed by atoms with E-state index in [1.165, 1.54) is 18.4 Å². The van der Waals surface area contributed by atoms with Crippen LogP contribution in [0.15, 0.2) is 30.3 Å². The normalized spacial score (nSPS) is 23.4. The topological polar surface area (TPSA) is 44.7 Å². The minimum Gasteiger partial charge on any atom is -0.394 e. The summed E-state index contributed by atoms with van der Waals surface area (Å²) in [5, 5.41) is 13.8. The summed E-state index contributed by atoms with van der Waals surface area (Å²) >= 11 is 0. The van der Waals surface area contributed by atoms with Crippen LogP contribution in [0, 0.1) is 0 Å². The molecule has 1 aromatic carbocycles. The summed E-state index contributed by atoms with van der Waals surface area (Å²) in [6, 6.07) is 10.9. The third kappa shape index (κ3) is 3.20. The molecule has 2 aliphatic rings. The minimum atomic E-state index is -0.347. The summed E-state index contributed by atoms with van der Waals surface area (Å²) in [7, 11) is 0. The van der Waals surface area contributed by atoms with E-state index in [1.54, 1.807) is 0 Å². The number of aliphatic hydroxyl groups excluding tert-OH is 1. The van der Waals surface area contributed by atoms with Gasteiger partial charge < -0.3 is 15.2 Å². The van der Waals surface area contributed by atoms with E-state index in [2.05, 4.69) is 22.3 Å². The number of ether oxygens (including phenoxy) is 1. The molecule has 4 nitrogen and oxygen atoms in total. The Morgan fingerprint density at radius 2 is 1.90 bits per heavy atom. The third-order valence-corrected chi connectivity index (χ3v) is 4.25. The van der Waals surface area contributed by atoms with Crippen molar-refractivity contribution >= 4 is 0 Å². The Kier molecular flexibility index (Phi) is 4.36. The predicted molar refractivity (Wildman–Crippen MR) is 78.6 cm³/mol. The summed E-state index contributed by atoms with van der Waals surface area (Å²) in [5.74, 6) is 0. The van der Waals surface area contributed by atoms with Gasteiger partial charge in [0.1, 0.15) is 0 Å². The number of nitrogens with one attached hydrogen (secondary N) is 1. The van der Waals surface area contributed by atoms with Gasteiger partial charge in [-0.3, -0.25) is 4.90 Å². The lowest BCUT2D eigenvalue weighted by Gasteiger charge is -2.40. The predicted octanol–water partition coefficient (Wildman–Crippen LogP) is 0.958. The molecule has 1 saturated carbocycles. The summed E-state index contributed by atoms with van der Waals surface area (Å²) < 4.78 is 5.42. The molecule has 110 valence electrons. The lowest BCUT2D eigenvalue weighted by atomic mass is 9.89. The van der Waals surface area contributed by atoms with Gasteiger partial charge >= 0.3 is 0 Å². The zero-order valence-electron chi connectivity index (χ0n) is 11.9. The van der Waals surface area contributed by atoms with Crippen molar-refractivity contribution in [3.63, 3.8) is 0 Å². The van der Waals surface area contributed by atoms with Gasteiger partial charge in [0.05, 0.1) is 25.4 Å². The number of nitrogens with zero attached hydrogens (tertiary/aromatic N) is 1. The van der Waals surface area contributed by atoms with E-state index in [0.29, 0.717) is 6.04 Å². The van der Waals surface area contributed by atoms with Crippen LogP contribution >= 0.6 is 0 Å². The summed E-state index contributed by atoms with van der Waals surface area (Å²) in [6.45, 7) is 4.44. The fourth-order valence-electron chi connectivity index (χ4n) is 2.92. The Morgan fingerprint density at radius 1 is 1.20 bits per heavy atom. The molecular formula is C16H24N2O2. The van der Waals surface area contributed by atoms with E-state index < -0.39 is 0 Å². The van der Waals surface area contributed by atoms with Crippen molar-refractivity contribution in [1.82, 2.24) is 10.2 Å². The minimum absolute atomic E-state index is 0.130. The molecular weight excluding hydrogens is 252 g/mol. The lowest BCUT2D eigenvalue weighted by molar-refractivity contribution is 0.0127.